The molecule has 0 fully saturated rings. The highest BCUT2D eigenvalue weighted by Crippen LogP contribution is 2.15. The number of nitrogens with two attached hydrogens (primary N) is 1. The van der Waals surface area contributed by atoms with Gasteiger partial charge in [-0.2, -0.15) is 0 Å². The maximum absolute atomic E-state index is 12.6. The molecule has 2 amide bonds. The highest BCUT2D eigenvalue weighted by atomic mass is 16.2. The van der Waals surface area contributed by atoms with Gasteiger partial charge in [0.1, 0.15) is 6.54 Å². The Balaban J connectivity index is 1.63. The number of likely N-dealkylation sites (N-methyl/N-ethyl adjacent to an activating group) is 1. The van der Waals surface area contributed by atoms with Gasteiger partial charge in [-0.3, -0.25) is 9.59 Å². The smallest absolute Gasteiger partial charge is 0.282 e. The van der Waals surface area contributed by atoms with Gasteiger partial charge in [0, 0.05) is 16.8 Å². The summed E-state index contributed by atoms with van der Waals surface area (Å²) in [7, 11) is 2.01. The van der Waals surface area contributed by atoms with Gasteiger partial charge < -0.3 is 16.0 Å². The van der Waals surface area contributed by atoms with Gasteiger partial charge in [-0.1, -0.05) is 36.4 Å². The number of carbonyl (C=O) groups excluding carboxylic acids is 2. The quantitative estimate of drug-likeness (QED) is 0.627. The van der Waals surface area contributed by atoms with Crippen molar-refractivity contribution in [3.63, 3.8) is 0 Å². The highest BCUT2D eigenvalue weighted by molar-refractivity contribution is 5.96. The van der Waals surface area contributed by atoms with Crippen molar-refractivity contribution in [1.82, 2.24) is 0 Å². The van der Waals surface area contributed by atoms with Crippen LogP contribution in [0.1, 0.15) is 22.8 Å². The van der Waals surface area contributed by atoms with E-state index in [0.29, 0.717) is 11.3 Å². The van der Waals surface area contributed by atoms with Gasteiger partial charge in [0.25, 0.3) is 5.91 Å². The zero-order chi connectivity index (χ0) is 19.4. The Morgan fingerprint density at radius 2 is 1.67 bits per heavy atom. The molecular weight excluding hydrogens is 338 g/mol. The molecule has 0 aliphatic carbocycles. The normalized spacial score (nSPS) is 13.1. The zero-order valence-electron chi connectivity index (χ0n) is 15.5. The minimum absolute atomic E-state index is 0.0693. The first-order valence-electron chi connectivity index (χ1n) is 8.95. The summed E-state index contributed by atoms with van der Waals surface area (Å²) in [6.45, 7) is 2.66. The predicted molar refractivity (Wildman–Crippen MR) is 108 cm³/mol. The maximum Gasteiger partial charge on any atom is 0.282 e. The van der Waals surface area contributed by atoms with E-state index in [9.17, 15) is 9.59 Å². The van der Waals surface area contributed by atoms with E-state index >= 15 is 0 Å². The number of amides is 2. The van der Waals surface area contributed by atoms with Crippen LogP contribution in [0.2, 0.25) is 0 Å². The SMILES string of the molecule is C[C@@H](C(=O)Nc1ccc(C(N)=O)cc1)[NH+](C)Cc1ccc2ccccc2c1. The fraction of sp³-hybridized carbons (Fsp3) is 0.182. The van der Waals surface area contributed by atoms with Crippen molar-refractivity contribution >= 4 is 28.3 Å². The lowest BCUT2D eigenvalue weighted by molar-refractivity contribution is -0.907. The van der Waals surface area contributed by atoms with Crippen LogP contribution < -0.4 is 16.0 Å². The Morgan fingerprint density at radius 3 is 2.33 bits per heavy atom. The Kier molecular flexibility index (Phi) is 5.52. The van der Waals surface area contributed by atoms with E-state index < -0.39 is 5.91 Å². The number of anilines is 1. The maximum atomic E-state index is 12.6. The van der Waals surface area contributed by atoms with Crippen molar-refractivity contribution < 1.29 is 14.5 Å². The second kappa shape index (κ2) is 8.01. The second-order valence-corrected chi connectivity index (χ2v) is 6.86. The fourth-order valence-electron chi connectivity index (χ4n) is 3.02. The van der Waals surface area contributed by atoms with Crippen LogP contribution in [-0.4, -0.2) is 24.9 Å². The van der Waals surface area contributed by atoms with E-state index in [-0.39, 0.29) is 11.9 Å². The topological polar surface area (TPSA) is 76.6 Å². The third kappa shape index (κ3) is 4.51. The van der Waals surface area contributed by atoms with Gasteiger partial charge in [-0.05, 0) is 48.0 Å². The number of nitrogens with one attached hydrogen (secondary N) is 2. The van der Waals surface area contributed by atoms with Crippen LogP contribution in [0.15, 0.2) is 66.7 Å². The molecular formula is C22H24N3O2+. The molecule has 5 heteroatoms. The molecule has 5 nitrogen and oxygen atoms in total. The molecule has 0 radical (unpaired) electrons. The lowest BCUT2D eigenvalue weighted by Gasteiger charge is -2.21. The van der Waals surface area contributed by atoms with Gasteiger partial charge in [-0.15, -0.1) is 0 Å². The summed E-state index contributed by atoms with van der Waals surface area (Å²) in [5.41, 5.74) is 7.49. The van der Waals surface area contributed by atoms with Gasteiger partial charge in [0.15, 0.2) is 6.04 Å². The van der Waals surface area contributed by atoms with Crippen LogP contribution in [0.4, 0.5) is 5.69 Å². The average Bonchev–Trinajstić information content (AvgIpc) is 2.67. The number of fused-ring (bicyclic) bond motifs is 1. The lowest BCUT2D eigenvalue weighted by atomic mass is 10.1. The first-order valence-corrected chi connectivity index (χ1v) is 8.95. The predicted octanol–water partition coefficient (Wildman–Crippen LogP) is 1.98. The first-order chi connectivity index (χ1) is 12.9. The molecule has 1 unspecified atom stereocenters. The molecule has 0 aliphatic heterocycles. The van der Waals surface area contributed by atoms with Gasteiger partial charge in [0.05, 0.1) is 7.05 Å². The number of carbonyl (C=O) groups is 2. The van der Waals surface area contributed by atoms with Crippen LogP contribution in [0, 0.1) is 0 Å². The summed E-state index contributed by atoms with van der Waals surface area (Å²) in [6.07, 6.45) is 0. The molecule has 27 heavy (non-hydrogen) atoms. The van der Waals surface area contributed by atoms with E-state index in [1.54, 1.807) is 24.3 Å². The minimum Gasteiger partial charge on any atom is -0.366 e. The first kappa shape index (κ1) is 18.6. The van der Waals surface area contributed by atoms with Crippen LogP contribution in [-0.2, 0) is 11.3 Å². The van der Waals surface area contributed by atoms with Crippen molar-refractivity contribution in [2.75, 3.05) is 12.4 Å². The number of quaternary nitrogens is 1. The van der Waals surface area contributed by atoms with Gasteiger partial charge in [-0.25, -0.2) is 0 Å². The Morgan fingerprint density at radius 1 is 1.00 bits per heavy atom. The zero-order valence-corrected chi connectivity index (χ0v) is 15.5. The molecule has 4 N–H and O–H groups in total. The Bertz CT molecular complexity index is 967. The molecule has 138 valence electrons. The van der Waals surface area contributed by atoms with E-state index in [2.05, 4.69) is 35.6 Å². The molecule has 3 aromatic rings. The van der Waals surface area contributed by atoms with Gasteiger partial charge in [0.2, 0.25) is 5.91 Å². The molecule has 0 saturated carbocycles. The molecule has 2 atom stereocenters. The molecule has 0 aromatic heterocycles. The van der Waals surface area contributed by atoms with E-state index in [1.165, 1.54) is 16.3 Å². The summed E-state index contributed by atoms with van der Waals surface area (Å²) in [4.78, 5) is 24.8. The highest BCUT2D eigenvalue weighted by Gasteiger charge is 2.22. The molecule has 0 aliphatic rings. The van der Waals surface area contributed by atoms with E-state index in [1.807, 2.05) is 26.1 Å². The molecule has 0 spiro atoms. The number of primary amides is 1. The van der Waals surface area contributed by atoms with Crippen LogP contribution >= 0.6 is 0 Å². The summed E-state index contributed by atoms with van der Waals surface area (Å²) in [6, 6.07) is 21.0. The number of hydrogen-bond acceptors (Lipinski definition) is 2. The van der Waals surface area contributed by atoms with Crippen LogP contribution in [0.25, 0.3) is 10.8 Å². The Labute approximate surface area is 158 Å². The summed E-state index contributed by atoms with van der Waals surface area (Å²) < 4.78 is 0. The third-order valence-corrected chi connectivity index (χ3v) is 4.87. The fourth-order valence-corrected chi connectivity index (χ4v) is 3.02. The largest absolute Gasteiger partial charge is 0.366 e. The van der Waals surface area contributed by atoms with E-state index in [0.717, 1.165) is 11.4 Å². The third-order valence-electron chi connectivity index (χ3n) is 4.87. The average molecular weight is 362 g/mol. The summed E-state index contributed by atoms with van der Waals surface area (Å²) in [5, 5.41) is 5.31. The Hall–Kier alpha value is -3.18. The molecule has 0 heterocycles. The van der Waals surface area contributed by atoms with Crippen molar-refractivity contribution in [3.8, 4) is 0 Å². The van der Waals surface area contributed by atoms with Crippen molar-refractivity contribution in [2.24, 2.45) is 5.73 Å². The van der Waals surface area contributed by atoms with E-state index in [4.69, 9.17) is 5.73 Å². The summed E-state index contributed by atoms with van der Waals surface area (Å²) in [5.74, 6) is -0.555. The molecule has 0 bridgehead atoms. The van der Waals surface area contributed by atoms with Crippen molar-refractivity contribution in [2.45, 2.75) is 19.5 Å². The number of rotatable bonds is 6. The summed E-state index contributed by atoms with van der Waals surface area (Å²) >= 11 is 0. The van der Waals surface area contributed by atoms with Crippen molar-refractivity contribution in [3.05, 3.63) is 77.9 Å². The van der Waals surface area contributed by atoms with Crippen LogP contribution in [0.3, 0.4) is 0 Å². The van der Waals surface area contributed by atoms with Crippen molar-refractivity contribution in [1.29, 1.82) is 0 Å². The second-order valence-electron chi connectivity index (χ2n) is 6.86. The minimum atomic E-state index is -0.485. The molecule has 3 rings (SSSR count). The monoisotopic (exact) mass is 362 g/mol. The number of benzene rings is 3. The molecule has 3 aromatic carbocycles. The lowest BCUT2D eigenvalue weighted by Crippen LogP contribution is -3.12. The molecule has 0 saturated heterocycles. The van der Waals surface area contributed by atoms with Gasteiger partial charge >= 0.3 is 0 Å². The number of hydrogen-bond donors (Lipinski definition) is 3. The standard InChI is InChI=1S/C22H23N3O2/c1-15(22(27)24-20-11-9-18(10-12-20)21(23)26)25(2)14-16-7-8-17-5-3-4-6-19(17)13-16/h3-13,15H,14H2,1-2H3,(H2,23,26)(H,24,27)/p+1/t15-/m0/s1. The van der Waals surface area contributed by atoms with Crippen LogP contribution in [0.5, 0.6) is 0 Å².